The number of likely N-dealkylation sites (N-methyl/N-ethyl adjacent to an activating group) is 1. The minimum absolute atomic E-state index is 0.0623. The summed E-state index contributed by atoms with van der Waals surface area (Å²) in [5.41, 5.74) is 0. The van der Waals surface area contributed by atoms with Gasteiger partial charge in [0.25, 0.3) is 0 Å². The van der Waals surface area contributed by atoms with Gasteiger partial charge in [-0.15, -0.1) is 0 Å². The van der Waals surface area contributed by atoms with Gasteiger partial charge in [-0.3, -0.25) is 14.7 Å². The zero-order chi connectivity index (χ0) is 14.5. The van der Waals surface area contributed by atoms with Gasteiger partial charge in [0.1, 0.15) is 11.9 Å². The molecule has 5 heteroatoms. The van der Waals surface area contributed by atoms with Crippen LogP contribution in [-0.4, -0.2) is 60.0 Å². The van der Waals surface area contributed by atoms with E-state index in [-0.39, 0.29) is 18.1 Å². The molecule has 1 aromatic heterocycles. The smallest absolute Gasteiger partial charge is 0.239 e. The van der Waals surface area contributed by atoms with Gasteiger partial charge in [0, 0.05) is 38.3 Å². The molecule has 5 nitrogen and oxygen atoms in total. The first kappa shape index (κ1) is 14.8. The molecule has 2 heterocycles. The van der Waals surface area contributed by atoms with Gasteiger partial charge in [-0.05, 0) is 33.2 Å². The molecule has 0 bridgehead atoms. The lowest BCUT2D eigenvalue weighted by molar-refractivity contribution is -0.137. The number of ether oxygens (including phenoxy) is 1. The van der Waals surface area contributed by atoms with Gasteiger partial charge in [0.2, 0.25) is 5.91 Å². The second-order valence-corrected chi connectivity index (χ2v) is 5.46. The Labute approximate surface area is 120 Å². The number of piperidine rings is 1. The van der Waals surface area contributed by atoms with Crippen LogP contribution in [0.1, 0.15) is 19.8 Å². The topological polar surface area (TPSA) is 45.7 Å². The van der Waals surface area contributed by atoms with E-state index in [1.165, 1.54) is 0 Å². The van der Waals surface area contributed by atoms with E-state index in [9.17, 15) is 4.79 Å². The van der Waals surface area contributed by atoms with Gasteiger partial charge in [-0.1, -0.05) is 0 Å². The van der Waals surface area contributed by atoms with Crippen molar-refractivity contribution in [1.29, 1.82) is 0 Å². The third-order valence-corrected chi connectivity index (χ3v) is 3.84. The van der Waals surface area contributed by atoms with E-state index in [0.717, 1.165) is 31.7 Å². The third-order valence-electron chi connectivity index (χ3n) is 3.84. The van der Waals surface area contributed by atoms with Crippen LogP contribution in [0.15, 0.2) is 24.5 Å². The van der Waals surface area contributed by atoms with E-state index < -0.39 is 0 Å². The van der Waals surface area contributed by atoms with Gasteiger partial charge in [-0.2, -0.15) is 0 Å². The maximum atomic E-state index is 12.2. The van der Waals surface area contributed by atoms with Crippen LogP contribution in [0, 0.1) is 0 Å². The van der Waals surface area contributed by atoms with Crippen molar-refractivity contribution in [3.8, 4) is 5.75 Å². The summed E-state index contributed by atoms with van der Waals surface area (Å²) in [5, 5.41) is 0. The number of pyridine rings is 1. The summed E-state index contributed by atoms with van der Waals surface area (Å²) < 4.78 is 5.90. The van der Waals surface area contributed by atoms with Crippen LogP contribution in [0.4, 0.5) is 0 Å². The Balaban J connectivity index is 1.82. The molecule has 0 N–H and O–H groups in total. The number of hydrogen-bond donors (Lipinski definition) is 0. The number of rotatable bonds is 4. The van der Waals surface area contributed by atoms with Crippen molar-refractivity contribution in [2.75, 3.05) is 27.2 Å². The lowest BCUT2D eigenvalue weighted by atomic mass is 10.1. The molecule has 0 saturated carbocycles. The number of likely N-dealkylation sites (tertiary alicyclic amines) is 1. The van der Waals surface area contributed by atoms with E-state index in [1.807, 2.05) is 43.0 Å². The summed E-state index contributed by atoms with van der Waals surface area (Å²) in [6.07, 6.45) is 5.41. The highest BCUT2D eigenvalue weighted by Gasteiger charge is 2.27. The van der Waals surface area contributed by atoms with Crippen LogP contribution < -0.4 is 4.74 Å². The molecule has 1 aliphatic heterocycles. The molecule has 1 saturated heterocycles. The van der Waals surface area contributed by atoms with Crippen molar-refractivity contribution in [3.05, 3.63) is 24.5 Å². The minimum atomic E-state index is -0.0623. The predicted octanol–water partition coefficient (Wildman–Crippen LogP) is 1.40. The van der Waals surface area contributed by atoms with Crippen LogP contribution in [-0.2, 0) is 4.79 Å². The van der Waals surface area contributed by atoms with E-state index in [0.29, 0.717) is 0 Å². The molecule has 1 amide bonds. The SMILES string of the molecule is CC(C(=O)N1CCC(Oc2ccncc2)CC1)N(C)C. The minimum Gasteiger partial charge on any atom is -0.490 e. The zero-order valence-electron chi connectivity index (χ0n) is 12.5. The number of carbonyl (C=O) groups excluding carboxylic acids is 1. The van der Waals surface area contributed by atoms with E-state index in [4.69, 9.17) is 4.74 Å². The highest BCUT2D eigenvalue weighted by atomic mass is 16.5. The predicted molar refractivity (Wildman–Crippen MR) is 77.6 cm³/mol. The van der Waals surface area contributed by atoms with Gasteiger partial charge in [0.05, 0.1) is 6.04 Å². The maximum absolute atomic E-state index is 12.2. The quantitative estimate of drug-likeness (QED) is 0.834. The van der Waals surface area contributed by atoms with Crippen LogP contribution in [0.3, 0.4) is 0 Å². The maximum Gasteiger partial charge on any atom is 0.239 e. The van der Waals surface area contributed by atoms with E-state index in [1.54, 1.807) is 12.4 Å². The Bertz CT molecular complexity index is 428. The molecule has 20 heavy (non-hydrogen) atoms. The summed E-state index contributed by atoms with van der Waals surface area (Å²) in [6.45, 7) is 3.49. The van der Waals surface area contributed by atoms with Crippen LogP contribution in [0.25, 0.3) is 0 Å². The van der Waals surface area contributed by atoms with Crippen molar-refractivity contribution in [3.63, 3.8) is 0 Å². The fourth-order valence-corrected chi connectivity index (χ4v) is 2.29. The second-order valence-electron chi connectivity index (χ2n) is 5.46. The first-order valence-corrected chi connectivity index (χ1v) is 7.10. The number of hydrogen-bond acceptors (Lipinski definition) is 4. The Kier molecular flexibility index (Phi) is 4.95. The van der Waals surface area contributed by atoms with Gasteiger partial charge in [0.15, 0.2) is 0 Å². The van der Waals surface area contributed by atoms with Crippen molar-refractivity contribution in [2.24, 2.45) is 0 Å². The Morgan fingerprint density at radius 2 is 1.95 bits per heavy atom. The van der Waals surface area contributed by atoms with Gasteiger partial charge in [-0.25, -0.2) is 0 Å². The Hall–Kier alpha value is -1.62. The molecule has 0 aromatic carbocycles. The molecule has 1 aromatic rings. The molecule has 0 spiro atoms. The van der Waals surface area contributed by atoms with Gasteiger partial charge >= 0.3 is 0 Å². The van der Waals surface area contributed by atoms with E-state index in [2.05, 4.69) is 4.98 Å². The van der Waals surface area contributed by atoms with E-state index >= 15 is 0 Å². The first-order chi connectivity index (χ1) is 9.58. The number of amides is 1. The molecule has 110 valence electrons. The fraction of sp³-hybridized carbons (Fsp3) is 0.600. The highest BCUT2D eigenvalue weighted by Crippen LogP contribution is 2.18. The number of aromatic nitrogens is 1. The average molecular weight is 277 g/mol. The zero-order valence-corrected chi connectivity index (χ0v) is 12.5. The Morgan fingerprint density at radius 1 is 1.35 bits per heavy atom. The molecule has 0 aliphatic carbocycles. The summed E-state index contributed by atoms with van der Waals surface area (Å²) >= 11 is 0. The molecular formula is C15H23N3O2. The average Bonchev–Trinajstić information content (AvgIpc) is 2.47. The lowest BCUT2D eigenvalue weighted by Crippen LogP contribution is -2.48. The number of carbonyl (C=O) groups is 1. The van der Waals surface area contributed by atoms with Gasteiger partial charge < -0.3 is 9.64 Å². The van der Waals surface area contributed by atoms with Crippen molar-refractivity contribution in [2.45, 2.75) is 31.9 Å². The highest BCUT2D eigenvalue weighted by molar-refractivity contribution is 5.81. The van der Waals surface area contributed by atoms with Crippen LogP contribution in [0.2, 0.25) is 0 Å². The normalized spacial score (nSPS) is 18.1. The monoisotopic (exact) mass is 277 g/mol. The van der Waals surface area contributed by atoms with Crippen molar-refractivity contribution >= 4 is 5.91 Å². The van der Waals surface area contributed by atoms with Crippen molar-refractivity contribution < 1.29 is 9.53 Å². The molecule has 1 atom stereocenters. The van der Waals surface area contributed by atoms with Crippen molar-refractivity contribution in [1.82, 2.24) is 14.8 Å². The molecule has 2 rings (SSSR count). The molecule has 1 unspecified atom stereocenters. The molecule has 1 aliphatic rings. The molecule has 1 fully saturated rings. The molecule has 0 radical (unpaired) electrons. The van der Waals surface area contributed by atoms with Crippen LogP contribution >= 0.6 is 0 Å². The third kappa shape index (κ3) is 3.70. The summed E-state index contributed by atoms with van der Waals surface area (Å²) in [6, 6.07) is 3.67. The summed E-state index contributed by atoms with van der Waals surface area (Å²) in [4.78, 5) is 20.1. The fourth-order valence-electron chi connectivity index (χ4n) is 2.29. The van der Waals surface area contributed by atoms with Crippen LogP contribution in [0.5, 0.6) is 5.75 Å². The second kappa shape index (κ2) is 6.70. The summed E-state index contributed by atoms with van der Waals surface area (Å²) in [7, 11) is 3.86. The lowest BCUT2D eigenvalue weighted by Gasteiger charge is -2.34. The summed E-state index contributed by atoms with van der Waals surface area (Å²) in [5.74, 6) is 1.06. The number of nitrogens with zero attached hydrogens (tertiary/aromatic N) is 3. The first-order valence-electron chi connectivity index (χ1n) is 7.10. The standard InChI is InChI=1S/C15H23N3O2/c1-12(17(2)3)15(19)18-10-6-14(7-11-18)20-13-4-8-16-9-5-13/h4-5,8-9,12,14H,6-7,10-11H2,1-3H3. The largest absolute Gasteiger partial charge is 0.490 e. The molecular weight excluding hydrogens is 254 g/mol. The Morgan fingerprint density at radius 3 is 2.50 bits per heavy atom.